The number of carbonyl (C=O) groups excluding carboxylic acids is 2. The van der Waals surface area contributed by atoms with Gasteiger partial charge in [0, 0.05) is 38.2 Å². The van der Waals surface area contributed by atoms with Crippen molar-refractivity contribution >= 4 is 23.2 Å². The van der Waals surface area contributed by atoms with Crippen molar-refractivity contribution < 1.29 is 18.4 Å². The maximum atomic E-state index is 14.7. The van der Waals surface area contributed by atoms with Crippen LogP contribution in [0.3, 0.4) is 0 Å². The van der Waals surface area contributed by atoms with Crippen LogP contribution in [0.15, 0.2) is 36.4 Å². The molecule has 1 N–H and O–H groups in total. The Morgan fingerprint density at radius 3 is 2.31 bits per heavy atom. The second-order valence-corrected chi connectivity index (χ2v) is 9.08. The number of rotatable bonds is 5. The summed E-state index contributed by atoms with van der Waals surface area (Å²) < 4.78 is 29.4. The summed E-state index contributed by atoms with van der Waals surface area (Å²) in [4.78, 5) is 29.4. The van der Waals surface area contributed by atoms with Crippen LogP contribution in [0.25, 0.3) is 0 Å². The van der Waals surface area contributed by atoms with Crippen LogP contribution in [0.1, 0.15) is 44.2 Å². The maximum Gasteiger partial charge on any atom is 0.247 e. The highest BCUT2D eigenvalue weighted by atomic mass is 19.1. The Labute approximate surface area is 187 Å². The molecule has 2 aromatic carbocycles. The third-order valence-electron chi connectivity index (χ3n) is 6.16. The first kappa shape index (κ1) is 22.2. The Morgan fingerprint density at radius 1 is 1.06 bits per heavy atom. The predicted molar refractivity (Wildman–Crippen MR) is 120 cm³/mol. The van der Waals surface area contributed by atoms with Gasteiger partial charge in [0.15, 0.2) is 11.6 Å². The zero-order valence-electron chi connectivity index (χ0n) is 18.5. The number of nitrogens with one attached hydrogen (secondary N) is 1. The number of anilines is 2. The molecule has 1 unspecified atom stereocenters. The SMILES string of the molecule is CC(C)CC(=O)N1Cc2ccccc2CC1C(=O)Nc1cc(F)c(N2CCCC2)c(F)c1. The molecule has 0 radical (unpaired) electrons. The Morgan fingerprint density at radius 2 is 1.69 bits per heavy atom. The summed E-state index contributed by atoms with van der Waals surface area (Å²) in [7, 11) is 0. The van der Waals surface area contributed by atoms with Gasteiger partial charge in [0.1, 0.15) is 11.7 Å². The van der Waals surface area contributed by atoms with Crippen LogP contribution in [0.5, 0.6) is 0 Å². The van der Waals surface area contributed by atoms with Crippen LogP contribution in [0.2, 0.25) is 0 Å². The van der Waals surface area contributed by atoms with E-state index in [0.717, 1.165) is 36.1 Å². The summed E-state index contributed by atoms with van der Waals surface area (Å²) in [5.74, 6) is -1.77. The van der Waals surface area contributed by atoms with Crippen molar-refractivity contribution in [3.05, 3.63) is 59.2 Å². The maximum absolute atomic E-state index is 14.7. The number of hydrogen-bond acceptors (Lipinski definition) is 3. The lowest BCUT2D eigenvalue weighted by molar-refractivity contribution is -0.140. The lowest BCUT2D eigenvalue weighted by atomic mass is 9.92. The lowest BCUT2D eigenvalue weighted by Crippen LogP contribution is -2.50. The molecule has 2 aromatic rings. The predicted octanol–water partition coefficient (Wildman–Crippen LogP) is 4.50. The molecular formula is C25H29F2N3O2. The van der Waals surface area contributed by atoms with E-state index in [2.05, 4.69) is 5.32 Å². The van der Waals surface area contributed by atoms with E-state index < -0.39 is 23.6 Å². The number of halogens is 2. The topological polar surface area (TPSA) is 52.7 Å². The van der Waals surface area contributed by atoms with Crippen molar-refractivity contribution in [2.45, 2.75) is 52.1 Å². The van der Waals surface area contributed by atoms with Crippen molar-refractivity contribution in [3.8, 4) is 0 Å². The number of carbonyl (C=O) groups is 2. The van der Waals surface area contributed by atoms with Crippen LogP contribution >= 0.6 is 0 Å². The highest BCUT2D eigenvalue weighted by molar-refractivity contribution is 5.98. The van der Waals surface area contributed by atoms with Gasteiger partial charge in [-0.25, -0.2) is 8.78 Å². The standard InChI is InChI=1S/C25H29F2N3O2/c1-16(2)11-23(31)30-15-18-8-4-3-7-17(18)12-22(30)25(32)28-19-13-20(26)24(21(27)14-19)29-9-5-6-10-29/h3-4,7-8,13-14,16,22H,5-6,9-12,15H2,1-2H3,(H,28,32). The zero-order valence-corrected chi connectivity index (χ0v) is 18.5. The molecule has 4 rings (SSSR count). The molecule has 1 saturated heterocycles. The number of benzene rings is 2. The molecule has 5 nitrogen and oxygen atoms in total. The normalized spacial score (nSPS) is 18.1. The number of nitrogens with zero attached hydrogens (tertiary/aromatic N) is 2. The second-order valence-electron chi connectivity index (χ2n) is 9.08. The van der Waals surface area contributed by atoms with E-state index in [4.69, 9.17) is 0 Å². The second kappa shape index (κ2) is 9.27. The van der Waals surface area contributed by atoms with Crippen LogP contribution in [-0.4, -0.2) is 35.8 Å². The third-order valence-corrected chi connectivity index (χ3v) is 6.16. The average molecular weight is 442 g/mol. The number of fused-ring (bicyclic) bond motifs is 1. The number of amides is 2. The van der Waals surface area contributed by atoms with Gasteiger partial charge in [0.05, 0.1) is 0 Å². The quantitative estimate of drug-likeness (QED) is 0.743. The first-order chi connectivity index (χ1) is 15.3. The summed E-state index contributed by atoms with van der Waals surface area (Å²) >= 11 is 0. The Balaban J connectivity index is 1.57. The minimum Gasteiger partial charge on any atom is -0.367 e. The zero-order chi connectivity index (χ0) is 22.8. The summed E-state index contributed by atoms with van der Waals surface area (Å²) in [6.45, 7) is 5.50. The van der Waals surface area contributed by atoms with Crippen LogP contribution in [0.4, 0.5) is 20.2 Å². The highest BCUT2D eigenvalue weighted by Gasteiger charge is 2.35. The van der Waals surface area contributed by atoms with E-state index in [-0.39, 0.29) is 23.2 Å². The van der Waals surface area contributed by atoms with Crippen LogP contribution < -0.4 is 10.2 Å². The first-order valence-corrected chi connectivity index (χ1v) is 11.2. The molecule has 0 bridgehead atoms. The van der Waals surface area contributed by atoms with E-state index in [1.807, 2.05) is 38.1 Å². The van der Waals surface area contributed by atoms with E-state index in [1.54, 1.807) is 9.80 Å². The van der Waals surface area contributed by atoms with Crippen molar-refractivity contribution in [3.63, 3.8) is 0 Å². The molecule has 2 aliphatic rings. The van der Waals surface area contributed by atoms with Gasteiger partial charge in [-0.2, -0.15) is 0 Å². The minimum atomic E-state index is -0.736. The van der Waals surface area contributed by atoms with Crippen LogP contribution in [-0.2, 0) is 22.6 Å². The molecule has 32 heavy (non-hydrogen) atoms. The summed E-state index contributed by atoms with van der Waals surface area (Å²) in [5, 5.41) is 2.65. The molecule has 2 heterocycles. The van der Waals surface area contributed by atoms with Crippen molar-refractivity contribution in [1.82, 2.24) is 4.90 Å². The molecule has 2 amide bonds. The largest absolute Gasteiger partial charge is 0.367 e. The average Bonchev–Trinajstić information content (AvgIpc) is 3.26. The molecule has 2 aliphatic heterocycles. The summed E-state index contributed by atoms with van der Waals surface area (Å²) in [5.41, 5.74) is 2.03. The molecule has 7 heteroatoms. The number of hydrogen-bond donors (Lipinski definition) is 1. The Hall–Kier alpha value is -2.96. The van der Waals surface area contributed by atoms with Gasteiger partial charge in [-0.3, -0.25) is 9.59 Å². The van der Waals surface area contributed by atoms with Gasteiger partial charge in [-0.05, 0) is 42.0 Å². The van der Waals surface area contributed by atoms with Crippen LogP contribution in [0, 0.1) is 17.6 Å². The summed E-state index contributed by atoms with van der Waals surface area (Å²) in [6.07, 6.45) is 2.50. The molecule has 0 aliphatic carbocycles. The smallest absolute Gasteiger partial charge is 0.247 e. The lowest BCUT2D eigenvalue weighted by Gasteiger charge is -2.36. The monoisotopic (exact) mass is 441 g/mol. The first-order valence-electron chi connectivity index (χ1n) is 11.2. The molecule has 1 fully saturated rings. The summed E-state index contributed by atoms with van der Waals surface area (Å²) in [6, 6.07) is 9.31. The molecule has 0 saturated carbocycles. The molecule has 0 aromatic heterocycles. The fourth-order valence-corrected chi connectivity index (χ4v) is 4.59. The van der Waals surface area contributed by atoms with Gasteiger partial charge >= 0.3 is 0 Å². The van der Waals surface area contributed by atoms with E-state index >= 15 is 0 Å². The van der Waals surface area contributed by atoms with Gasteiger partial charge < -0.3 is 15.1 Å². The van der Waals surface area contributed by atoms with Crippen molar-refractivity contribution in [2.75, 3.05) is 23.3 Å². The van der Waals surface area contributed by atoms with E-state index in [0.29, 0.717) is 32.5 Å². The molecular weight excluding hydrogens is 412 g/mol. The van der Waals surface area contributed by atoms with Gasteiger partial charge in [0.2, 0.25) is 11.8 Å². The molecule has 1 atom stereocenters. The fourth-order valence-electron chi connectivity index (χ4n) is 4.59. The highest BCUT2D eigenvalue weighted by Crippen LogP contribution is 2.31. The third kappa shape index (κ3) is 4.61. The van der Waals surface area contributed by atoms with E-state index in [1.165, 1.54) is 0 Å². The van der Waals surface area contributed by atoms with E-state index in [9.17, 15) is 18.4 Å². The van der Waals surface area contributed by atoms with Crippen molar-refractivity contribution in [2.24, 2.45) is 5.92 Å². The molecule has 170 valence electrons. The van der Waals surface area contributed by atoms with Gasteiger partial charge in [-0.1, -0.05) is 38.1 Å². The Bertz CT molecular complexity index is 995. The van der Waals surface area contributed by atoms with Gasteiger partial charge in [-0.15, -0.1) is 0 Å². The minimum absolute atomic E-state index is 0.0409. The van der Waals surface area contributed by atoms with Crippen molar-refractivity contribution in [1.29, 1.82) is 0 Å². The molecule has 0 spiro atoms. The Kier molecular flexibility index (Phi) is 6.44. The fraction of sp³-hybridized carbons (Fsp3) is 0.440. The van der Waals surface area contributed by atoms with Gasteiger partial charge in [0.25, 0.3) is 0 Å².